The molecule has 3 aromatic heterocycles. The third-order valence-corrected chi connectivity index (χ3v) is 4.37. The number of aliphatic hydroxyl groups is 1. The van der Waals surface area contributed by atoms with Crippen LogP contribution in [0.2, 0.25) is 0 Å². The maximum absolute atomic E-state index is 12.4. The zero-order valence-electron chi connectivity index (χ0n) is 12.8. The van der Waals surface area contributed by atoms with Gasteiger partial charge in [0.15, 0.2) is 5.13 Å². The Kier molecular flexibility index (Phi) is 4.31. The molecule has 23 heavy (non-hydrogen) atoms. The minimum absolute atomic E-state index is 0.0905. The molecule has 0 bridgehead atoms. The number of hydrogen-bond donors (Lipinski definition) is 2. The number of furan rings is 1. The van der Waals surface area contributed by atoms with E-state index in [0.717, 1.165) is 16.5 Å². The molecular formula is C16H17N3O3S. The first-order chi connectivity index (χ1) is 11.1. The smallest absolute Gasteiger partial charge is 0.253 e. The molecule has 0 aliphatic rings. The van der Waals surface area contributed by atoms with E-state index in [-0.39, 0.29) is 12.5 Å². The maximum Gasteiger partial charge on any atom is 0.253 e. The van der Waals surface area contributed by atoms with Crippen molar-refractivity contribution < 1.29 is 14.3 Å². The van der Waals surface area contributed by atoms with Crippen LogP contribution < -0.4 is 5.32 Å². The van der Waals surface area contributed by atoms with Gasteiger partial charge in [-0.25, -0.2) is 4.98 Å². The Morgan fingerprint density at radius 2 is 2.35 bits per heavy atom. The Balaban J connectivity index is 1.74. The Morgan fingerprint density at radius 1 is 1.52 bits per heavy atom. The highest BCUT2D eigenvalue weighted by Crippen LogP contribution is 2.22. The van der Waals surface area contributed by atoms with Crippen LogP contribution in [0.5, 0.6) is 0 Å². The molecule has 1 unspecified atom stereocenters. The zero-order chi connectivity index (χ0) is 16.4. The standard InChI is InChI=1S/C16H17N3O3S/c1-10-8-12(11(2)19(10)16-17-5-7-23-16)15(21)18-9-13(20)14-4-3-6-22-14/h3-8,13,20H,9H2,1-2H3,(H,18,21). The number of aryl methyl sites for hydroxylation is 1. The summed E-state index contributed by atoms with van der Waals surface area (Å²) in [5.41, 5.74) is 2.33. The second-order valence-corrected chi connectivity index (χ2v) is 6.05. The Bertz CT molecular complexity index is 791. The molecule has 0 saturated heterocycles. The van der Waals surface area contributed by atoms with Crippen LogP contribution >= 0.6 is 11.3 Å². The second-order valence-electron chi connectivity index (χ2n) is 5.18. The highest BCUT2D eigenvalue weighted by atomic mass is 32.1. The molecule has 2 N–H and O–H groups in total. The molecule has 7 heteroatoms. The highest BCUT2D eigenvalue weighted by Gasteiger charge is 2.19. The van der Waals surface area contributed by atoms with Gasteiger partial charge in [-0.05, 0) is 32.0 Å². The number of nitrogens with zero attached hydrogens (tertiary/aromatic N) is 2. The number of carbonyl (C=O) groups excluding carboxylic acids is 1. The van der Waals surface area contributed by atoms with E-state index in [1.807, 2.05) is 29.9 Å². The number of amides is 1. The Labute approximate surface area is 137 Å². The van der Waals surface area contributed by atoms with Gasteiger partial charge in [-0.3, -0.25) is 9.36 Å². The molecule has 0 saturated carbocycles. The van der Waals surface area contributed by atoms with Gasteiger partial charge in [-0.2, -0.15) is 0 Å². The molecule has 3 aromatic rings. The first-order valence-corrected chi connectivity index (χ1v) is 8.04. The predicted molar refractivity (Wildman–Crippen MR) is 86.9 cm³/mol. The molecule has 0 aromatic carbocycles. The van der Waals surface area contributed by atoms with Gasteiger partial charge < -0.3 is 14.8 Å². The van der Waals surface area contributed by atoms with E-state index in [9.17, 15) is 9.90 Å². The van der Waals surface area contributed by atoms with Gasteiger partial charge in [-0.15, -0.1) is 11.3 Å². The molecule has 120 valence electrons. The number of nitrogens with one attached hydrogen (secondary N) is 1. The summed E-state index contributed by atoms with van der Waals surface area (Å²) in [6.45, 7) is 3.91. The number of carbonyl (C=O) groups is 1. The maximum atomic E-state index is 12.4. The van der Waals surface area contributed by atoms with E-state index in [2.05, 4.69) is 10.3 Å². The molecule has 3 rings (SSSR count). The lowest BCUT2D eigenvalue weighted by atomic mass is 10.2. The molecule has 3 heterocycles. The molecule has 1 amide bonds. The zero-order valence-corrected chi connectivity index (χ0v) is 13.6. The van der Waals surface area contributed by atoms with Gasteiger partial charge in [0.05, 0.1) is 18.4 Å². The van der Waals surface area contributed by atoms with Gasteiger partial charge in [0.25, 0.3) is 5.91 Å². The van der Waals surface area contributed by atoms with Crippen molar-refractivity contribution in [2.24, 2.45) is 0 Å². The first-order valence-electron chi connectivity index (χ1n) is 7.16. The quantitative estimate of drug-likeness (QED) is 0.753. The second kappa shape index (κ2) is 6.39. The fourth-order valence-corrected chi connectivity index (χ4v) is 3.23. The van der Waals surface area contributed by atoms with Gasteiger partial charge >= 0.3 is 0 Å². The summed E-state index contributed by atoms with van der Waals surface area (Å²) in [6.07, 6.45) is 2.36. The fraction of sp³-hybridized carbons (Fsp3) is 0.250. The number of aliphatic hydroxyl groups excluding tert-OH is 1. The van der Waals surface area contributed by atoms with Crippen molar-refractivity contribution >= 4 is 17.2 Å². The summed E-state index contributed by atoms with van der Waals surface area (Å²) < 4.78 is 7.06. The van der Waals surface area contributed by atoms with Crippen molar-refractivity contribution in [2.45, 2.75) is 20.0 Å². The SMILES string of the molecule is Cc1cc(C(=O)NCC(O)c2ccco2)c(C)n1-c1nccs1. The van der Waals surface area contributed by atoms with Crippen LogP contribution in [0.15, 0.2) is 40.5 Å². The van der Waals surface area contributed by atoms with E-state index in [1.165, 1.54) is 17.6 Å². The monoisotopic (exact) mass is 331 g/mol. The summed E-state index contributed by atoms with van der Waals surface area (Å²) >= 11 is 1.51. The third kappa shape index (κ3) is 3.06. The lowest BCUT2D eigenvalue weighted by molar-refractivity contribution is 0.0900. The number of rotatable bonds is 5. The average Bonchev–Trinajstić information content (AvgIpc) is 3.25. The minimum atomic E-state index is -0.864. The van der Waals surface area contributed by atoms with Crippen molar-refractivity contribution in [3.05, 3.63) is 58.8 Å². The van der Waals surface area contributed by atoms with Crippen molar-refractivity contribution in [1.29, 1.82) is 0 Å². The molecule has 1 atom stereocenters. The van der Waals surface area contributed by atoms with Crippen LogP contribution in [-0.2, 0) is 0 Å². The summed E-state index contributed by atoms with van der Waals surface area (Å²) in [4.78, 5) is 16.7. The Morgan fingerprint density at radius 3 is 3.00 bits per heavy atom. The van der Waals surface area contributed by atoms with Crippen molar-refractivity contribution in [3.8, 4) is 5.13 Å². The average molecular weight is 331 g/mol. The van der Waals surface area contributed by atoms with E-state index in [1.54, 1.807) is 18.3 Å². The molecule has 6 nitrogen and oxygen atoms in total. The first kappa shape index (κ1) is 15.5. The van der Waals surface area contributed by atoms with Gasteiger partial charge in [0, 0.05) is 23.0 Å². The lowest BCUT2D eigenvalue weighted by Gasteiger charge is -2.10. The summed E-state index contributed by atoms with van der Waals surface area (Å²) in [6, 6.07) is 5.19. The molecule has 0 aliphatic carbocycles. The van der Waals surface area contributed by atoms with Crippen molar-refractivity contribution in [2.75, 3.05) is 6.54 Å². The fourth-order valence-electron chi connectivity index (χ4n) is 2.48. The minimum Gasteiger partial charge on any atom is -0.467 e. The normalized spacial score (nSPS) is 12.3. The van der Waals surface area contributed by atoms with E-state index >= 15 is 0 Å². The van der Waals surface area contributed by atoms with Crippen LogP contribution in [0.1, 0.15) is 33.6 Å². The van der Waals surface area contributed by atoms with Crippen LogP contribution in [0.25, 0.3) is 5.13 Å². The molecule has 0 aliphatic heterocycles. The summed E-state index contributed by atoms with van der Waals surface area (Å²) in [7, 11) is 0. The van der Waals surface area contributed by atoms with Gasteiger partial charge in [-0.1, -0.05) is 0 Å². The number of hydrogen-bond acceptors (Lipinski definition) is 5. The molecule has 0 fully saturated rings. The third-order valence-electron chi connectivity index (χ3n) is 3.61. The van der Waals surface area contributed by atoms with Crippen LogP contribution in [0.3, 0.4) is 0 Å². The van der Waals surface area contributed by atoms with Crippen LogP contribution in [0.4, 0.5) is 0 Å². The van der Waals surface area contributed by atoms with E-state index in [0.29, 0.717) is 11.3 Å². The van der Waals surface area contributed by atoms with Crippen LogP contribution in [0, 0.1) is 13.8 Å². The lowest BCUT2D eigenvalue weighted by Crippen LogP contribution is -2.28. The van der Waals surface area contributed by atoms with Gasteiger partial charge in [0.2, 0.25) is 0 Å². The summed E-state index contributed by atoms with van der Waals surface area (Å²) in [5, 5.41) is 15.4. The number of aromatic nitrogens is 2. The Hall–Kier alpha value is -2.38. The highest BCUT2D eigenvalue weighted by molar-refractivity contribution is 7.12. The largest absolute Gasteiger partial charge is 0.467 e. The topological polar surface area (TPSA) is 80.3 Å². The summed E-state index contributed by atoms with van der Waals surface area (Å²) in [5.74, 6) is 0.199. The van der Waals surface area contributed by atoms with E-state index < -0.39 is 6.10 Å². The molecule has 0 radical (unpaired) electrons. The van der Waals surface area contributed by atoms with Crippen molar-refractivity contribution in [3.63, 3.8) is 0 Å². The predicted octanol–water partition coefficient (Wildman–Crippen LogP) is 2.61. The van der Waals surface area contributed by atoms with Gasteiger partial charge in [0.1, 0.15) is 11.9 Å². The van der Waals surface area contributed by atoms with Crippen molar-refractivity contribution in [1.82, 2.24) is 14.9 Å². The number of thiazole rings is 1. The molecular weight excluding hydrogens is 314 g/mol. The van der Waals surface area contributed by atoms with E-state index in [4.69, 9.17) is 4.42 Å². The van der Waals surface area contributed by atoms with Crippen LogP contribution in [-0.4, -0.2) is 27.1 Å². The molecule has 0 spiro atoms.